The summed E-state index contributed by atoms with van der Waals surface area (Å²) in [4.78, 5) is 0. The molecule has 0 saturated carbocycles. The Hall–Kier alpha value is -1.27. The summed E-state index contributed by atoms with van der Waals surface area (Å²) in [5, 5.41) is 9.34. The minimum Gasteiger partial charge on any atom is -0.395 e. The molecule has 2 atom stereocenters. The Bertz CT molecular complexity index is 865. The number of alkyl halides is 3. The van der Waals surface area contributed by atoms with Crippen molar-refractivity contribution in [3.8, 4) is 0 Å². The lowest BCUT2D eigenvalue weighted by atomic mass is 9.91. The number of nitrogens with one attached hydrogen (secondary N) is 1. The first kappa shape index (κ1) is 21.0. The zero-order valence-electron chi connectivity index (χ0n) is 12.6. The van der Waals surface area contributed by atoms with E-state index in [1.807, 2.05) is 0 Å². The van der Waals surface area contributed by atoms with Crippen LogP contribution >= 0.6 is 22.9 Å². The SMILES string of the molecule is O=S(=O)(N[C@@H](CO)[C@H](c1cc(F)cc(F)c1)C(F)(F)F)c1ccc(Cl)s1. The molecule has 0 unspecified atom stereocenters. The predicted molar refractivity (Wildman–Crippen MR) is 85.7 cm³/mol. The van der Waals surface area contributed by atoms with Crippen LogP contribution in [0.1, 0.15) is 11.5 Å². The van der Waals surface area contributed by atoms with Gasteiger partial charge in [-0.05, 0) is 29.8 Å². The topological polar surface area (TPSA) is 66.4 Å². The fraction of sp³-hybridized carbons (Fsp3) is 0.286. The summed E-state index contributed by atoms with van der Waals surface area (Å²) >= 11 is 6.22. The lowest BCUT2D eigenvalue weighted by Gasteiger charge is -2.28. The number of benzene rings is 1. The predicted octanol–water partition coefficient (Wildman–Crippen LogP) is 3.67. The first-order valence-corrected chi connectivity index (χ1v) is 9.53. The molecule has 0 spiro atoms. The van der Waals surface area contributed by atoms with Crippen LogP contribution in [0.15, 0.2) is 34.5 Å². The van der Waals surface area contributed by atoms with E-state index in [0.717, 1.165) is 6.07 Å². The smallest absolute Gasteiger partial charge is 0.395 e. The normalized spacial score (nSPS) is 15.0. The van der Waals surface area contributed by atoms with Crippen LogP contribution < -0.4 is 4.72 Å². The number of halogens is 6. The minimum absolute atomic E-state index is 0.0884. The molecule has 12 heteroatoms. The molecule has 1 aromatic carbocycles. The molecule has 2 rings (SSSR count). The van der Waals surface area contributed by atoms with Gasteiger partial charge < -0.3 is 5.11 Å². The van der Waals surface area contributed by atoms with Crippen LogP contribution in [0.3, 0.4) is 0 Å². The van der Waals surface area contributed by atoms with Crippen LogP contribution in [0.5, 0.6) is 0 Å². The van der Waals surface area contributed by atoms with E-state index in [2.05, 4.69) is 0 Å². The maximum absolute atomic E-state index is 13.5. The zero-order valence-corrected chi connectivity index (χ0v) is 15.0. The second-order valence-corrected chi connectivity index (χ2v) is 8.85. The lowest BCUT2D eigenvalue weighted by molar-refractivity contribution is -0.158. The summed E-state index contributed by atoms with van der Waals surface area (Å²) < 4.78 is 93.0. The van der Waals surface area contributed by atoms with Gasteiger partial charge in [0.1, 0.15) is 15.8 Å². The molecule has 0 radical (unpaired) electrons. The number of hydrogen-bond acceptors (Lipinski definition) is 4. The number of sulfonamides is 1. The summed E-state index contributed by atoms with van der Waals surface area (Å²) in [5.74, 6) is -5.21. The number of hydrogen-bond donors (Lipinski definition) is 2. The Morgan fingerprint density at radius 2 is 1.73 bits per heavy atom. The second kappa shape index (κ2) is 7.77. The van der Waals surface area contributed by atoms with Crippen molar-refractivity contribution >= 4 is 33.0 Å². The average molecular weight is 436 g/mol. The molecule has 0 aliphatic rings. The van der Waals surface area contributed by atoms with Crippen molar-refractivity contribution in [1.29, 1.82) is 0 Å². The van der Waals surface area contributed by atoms with E-state index >= 15 is 0 Å². The highest BCUT2D eigenvalue weighted by Crippen LogP contribution is 2.38. The van der Waals surface area contributed by atoms with E-state index in [-0.39, 0.29) is 8.55 Å². The first-order chi connectivity index (χ1) is 11.9. The molecule has 0 saturated heterocycles. The monoisotopic (exact) mass is 435 g/mol. The van der Waals surface area contributed by atoms with Crippen LogP contribution in [0.2, 0.25) is 4.34 Å². The molecule has 0 aliphatic carbocycles. The van der Waals surface area contributed by atoms with Crippen molar-refractivity contribution in [2.45, 2.75) is 22.3 Å². The van der Waals surface area contributed by atoms with Gasteiger partial charge in [-0.15, -0.1) is 11.3 Å². The van der Waals surface area contributed by atoms with Crippen molar-refractivity contribution in [2.24, 2.45) is 0 Å². The number of aliphatic hydroxyl groups excluding tert-OH is 1. The molecule has 2 aromatic rings. The largest absolute Gasteiger partial charge is 0.397 e. The lowest BCUT2D eigenvalue weighted by Crippen LogP contribution is -2.46. The second-order valence-electron chi connectivity index (χ2n) is 5.19. The molecule has 144 valence electrons. The van der Waals surface area contributed by atoms with Gasteiger partial charge in [0.05, 0.1) is 22.9 Å². The van der Waals surface area contributed by atoms with E-state index in [1.54, 1.807) is 4.72 Å². The highest BCUT2D eigenvalue weighted by atomic mass is 35.5. The van der Waals surface area contributed by atoms with Crippen LogP contribution in [0.4, 0.5) is 22.0 Å². The number of thiophene rings is 1. The molecule has 1 aromatic heterocycles. The van der Waals surface area contributed by atoms with Gasteiger partial charge >= 0.3 is 6.18 Å². The first-order valence-electron chi connectivity index (χ1n) is 6.85. The van der Waals surface area contributed by atoms with Crippen LogP contribution in [-0.4, -0.2) is 32.3 Å². The fourth-order valence-electron chi connectivity index (χ4n) is 2.31. The van der Waals surface area contributed by atoms with Crippen molar-refractivity contribution in [2.75, 3.05) is 6.61 Å². The van der Waals surface area contributed by atoms with Gasteiger partial charge in [-0.3, -0.25) is 0 Å². The van der Waals surface area contributed by atoms with Gasteiger partial charge in [-0.25, -0.2) is 21.9 Å². The summed E-state index contributed by atoms with van der Waals surface area (Å²) in [6.45, 7) is -1.26. The molecular formula is C14H11ClF5NO3S2. The summed E-state index contributed by atoms with van der Waals surface area (Å²) in [7, 11) is -4.45. The van der Waals surface area contributed by atoms with Crippen LogP contribution in [0.25, 0.3) is 0 Å². The van der Waals surface area contributed by atoms with Gasteiger partial charge in [-0.1, -0.05) is 11.6 Å². The minimum atomic E-state index is -5.09. The molecule has 0 amide bonds. The third-order valence-corrected chi connectivity index (χ3v) is 6.53. The molecule has 2 N–H and O–H groups in total. The number of aliphatic hydroxyl groups is 1. The molecule has 1 heterocycles. The Kier molecular flexibility index (Phi) is 6.28. The van der Waals surface area contributed by atoms with Crippen LogP contribution in [0, 0.1) is 11.6 Å². The third kappa shape index (κ3) is 4.92. The van der Waals surface area contributed by atoms with Gasteiger partial charge in [0, 0.05) is 6.07 Å². The summed E-state index contributed by atoms with van der Waals surface area (Å²) in [5.41, 5.74) is -0.860. The van der Waals surface area contributed by atoms with Gasteiger partial charge in [0.25, 0.3) is 0 Å². The van der Waals surface area contributed by atoms with Crippen LogP contribution in [-0.2, 0) is 10.0 Å². The Morgan fingerprint density at radius 3 is 2.15 bits per heavy atom. The Morgan fingerprint density at radius 1 is 1.15 bits per heavy atom. The molecule has 4 nitrogen and oxygen atoms in total. The zero-order chi connectivity index (χ0) is 19.7. The van der Waals surface area contributed by atoms with Crippen molar-refractivity contribution in [3.63, 3.8) is 0 Å². The van der Waals surface area contributed by atoms with E-state index < -0.39 is 52.0 Å². The summed E-state index contributed by atoms with van der Waals surface area (Å²) in [6.07, 6.45) is -5.09. The maximum atomic E-state index is 13.5. The Balaban J connectivity index is 2.45. The van der Waals surface area contributed by atoms with E-state index in [0.29, 0.717) is 29.5 Å². The highest BCUT2D eigenvalue weighted by Gasteiger charge is 2.47. The third-order valence-electron chi connectivity index (χ3n) is 3.32. The average Bonchev–Trinajstić information content (AvgIpc) is 2.91. The summed E-state index contributed by atoms with van der Waals surface area (Å²) in [6, 6.07) is 1.44. The Labute approximate surface area is 154 Å². The number of rotatable bonds is 6. The molecule has 26 heavy (non-hydrogen) atoms. The maximum Gasteiger partial charge on any atom is 0.397 e. The van der Waals surface area contributed by atoms with Gasteiger partial charge in [0.15, 0.2) is 0 Å². The molecule has 0 bridgehead atoms. The molecule has 0 aliphatic heterocycles. The van der Waals surface area contributed by atoms with E-state index in [1.165, 1.54) is 6.07 Å². The van der Waals surface area contributed by atoms with Crippen molar-refractivity contribution in [3.05, 3.63) is 51.9 Å². The van der Waals surface area contributed by atoms with Crippen molar-refractivity contribution in [1.82, 2.24) is 4.72 Å². The molecular weight excluding hydrogens is 425 g/mol. The van der Waals surface area contributed by atoms with E-state index in [4.69, 9.17) is 11.6 Å². The fourth-order valence-corrected chi connectivity index (χ4v) is 5.05. The van der Waals surface area contributed by atoms with Gasteiger partial charge in [0.2, 0.25) is 10.0 Å². The molecule has 0 fully saturated rings. The van der Waals surface area contributed by atoms with Crippen molar-refractivity contribution < 1.29 is 35.5 Å². The highest BCUT2D eigenvalue weighted by molar-refractivity contribution is 7.91. The van der Waals surface area contributed by atoms with Gasteiger partial charge in [-0.2, -0.15) is 13.2 Å². The van der Waals surface area contributed by atoms with E-state index in [9.17, 15) is 35.5 Å². The standard InChI is InChI=1S/C14H11ClF5NO3S2/c15-11-1-2-12(25-11)26(23,24)21-10(6-22)13(14(18,19)20)7-3-8(16)5-9(17)4-7/h1-5,10,13,21-22H,6H2/t10-,13-/m0/s1. The quantitative estimate of drug-likeness (QED) is 0.680.